The predicted octanol–water partition coefficient (Wildman–Crippen LogP) is 4.53. The van der Waals surface area contributed by atoms with E-state index >= 15 is 0 Å². The second kappa shape index (κ2) is 8.93. The summed E-state index contributed by atoms with van der Waals surface area (Å²) in [7, 11) is 0. The van der Waals surface area contributed by atoms with E-state index in [0.29, 0.717) is 6.42 Å². The number of para-hydroxylation sites is 1. The minimum absolute atomic E-state index is 0.0823. The highest BCUT2D eigenvalue weighted by molar-refractivity contribution is 7.08. The fourth-order valence-electron chi connectivity index (χ4n) is 4.32. The first-order chi connectivity index (χ1) is 13.8. The number of aromatic amines is 1. The smallest absolute Gasteiger partial charge is 0.220 e. The number of carbonyl (C=O) groups excluding carboxylic acids is 1. The number of thiophene rings is 1. The lowest BCUT2D eigenvalue weighted by atomic mass is 9.89. The van der Waals surface area contributed by atoms with Crippen LogP contribution in [0.1, 0.15) is 48.8 Å². The molecule has 148 valence electrons. The van der Waals surface area contributed by atoms with Crippen molar-refractivity contribution in [2.75, 3.05) is 26.2 Å². The van der Waals surface area contributed by atoms with Crippen molar-refractivity contribution in [2.45, 2.75) is 38.5 Å². The number of H-pyrrole nitrogens is 1. The summed E-state index contributed by atoms with van der Waals surface area (Å²) in [5.41, 5.74) is 4.97. The number of aromatic nitrogens is 1. The number of hydrogen-bond acceptors (Lipinski definition) is 3. The second-order valence-corrected chi connectivity index (χ2v) is 8.43. The quantitative estimate of drug-likeness (QED) is 0.589. The molecule has 3 aromatic rings. The van der Waals surface area contributed by atoms with Gasteiger partial charge >= 0.3 is 0 Å². The number of likely N-dealkylation sites (tertiary alicyclic amines) is 1. The van der Waals surface area contributed by atoms with Crippen LogP contribution in [0.3, 0.4) is 0 Å². The van der Waals surface area contributed by atoms with Gasteiger partial charge in [0.1, 0.15) is 0 Å². The molecule has 1 aromatic carbocycles. The second-order valence-electron chi connectivity index (χ2n) is 7.65. The Labute approximate surface area is 170 Å². The molecule has 3 heterocycles. The molecule has 4 nitrogen and oxygen atoms in total. The standard InChI is InChI=1S/C23H29N3OS/c1-2-17-6-5-7-19-21(15-25-23(17)19)20(18-8-13-28-16-18)14-22(27)24-9-12-26-10-3-4-11-26/h5-8,13,15-16,20,25H,2-4,9-12,14H2,1H3,(H,24,27). The number of nitrogens with zero attached hydrogens (tertiary/aromatic N) is 1. The van der Waals surface area contributed by atoms with E-state index in [1.165, 1.54) is 53.5 Å². The average molecular weight is 396 g/mol. The maximum absolute atomic E-state index is 12.7. The van der Waals surface area contributed by atoms with Crippen LogP contribution in [0.5, 0.6) is 0 Å². The van der Waals surface area contributed by atoms with Gasteiger partial charge in [-0.25, -0.2) is 0 Å². The number of nitrogens with one attached hydrogen (secondary N) is 2. The van der Waals surface area contributed by atoms with Gasteiger partial charge < -0.3 is 15.2 Å². The zero-order chi connectivity index (χ0) is 19.3. The van der Waals surface area contributed by atoms with E-state index in [1.807, 2.05) is 0 Å². The highest BCUT2D eigenvalue weighted by Crippen LogP contribution is 2.35. The Morgan fingerprint density at radius 1 is 1.29 bits per heavy atom. The molecule has 0 aliphatic carbocycles. The van der Waals surface area contributed by atoms with E-state index < -0.39 is 0 Å². The fourth-order valence-corrected chi connectivity index (χ4v) is 5.03. The molecule has 0 spiro atoms. The number of rotatable bonds is 8. The highest BCUT2D eigenvalue weighted by atomic mass is 32.1. The molecule has 0 radical (unpaired) electrons. The monoisotopic (exact) mass is 395 g/mol. The van der Waals surface area contributed by atoms with Gasteiger partial charge in [0, 0.05) is 42.5 Å². The van der Waals surface area contributed by atoms with Crippen molar-refractivity contribution in [1.82, 2.24) is 15.2 Å². The zero-order valence-electron chi connectivity index (χ0n) is 16.5. The van der Waals surface area contributed by atoms with Crippen LogP contribution in [0.4, 0.5) is 0 Å². The van der Waals surface area contributed by atoms with Crippen molar-refractivity contribution in [3.05, 3.63) is 57.9 Å². The van der Waals surface area contributed by atoms with E-state index in [2.05, 4.69) is 63.3 Å². The third-order valence-electron chi connectivity index (χ3n) is 5.87. The van der Waals surface area contributed by atoms with Crippen molar-refractivity contribution in [2.24, 2.45) is 0 Å². The minimum Gasteiger partial charge on any atom is -0.361 e. The first-order valence-electron chi connectivity index (χ1n) is 10.4. The normalized spacial score (nSPS) is 15.9. The van der Waals surface area contributed by atoms with Crippen LogP contribution in [0, 0.1) is 0 Å². The molecule has 4 rings (SSSR count). The molecule has 1 aliphatic heterocycles. The van der Waals surface area contributed by atoms with Crippen LogP contribution in [-0.4, -0.2) is 42.0 Å². The molecule has 0 saturated carbocycles. The maximum atomic E-state index is 12.7. The Balaban J connectivity index is 1.51. The van der Waals surface area contributed by atoms with Gasteiger partial charge in [-0.3, -0.25) is 4.79 Å². The SMILES string of the molecule is CCc1cccc2c(C(CC(=O)NCCN3CCCC3)c3ccsc3)c[nH]c12. The number of aryl methyl sites for hydroxylation is 1. The highest BCUT2D eigenvalue weighted by Gasteiger charge is 2.22. The van der Waals surface area contributed by atoms with Gasteiger partial charge in [0.25, 0.3) is 0 Å². The summed E-state index contributed by atoms with van der Waals surface area (Å²) < 4.78 is 0. The molecule has 1 atom stereocenters. The number of fused-ring (bicyclic) bond motifs is 1. The average Bonchev–Trinajstić information content (AvgIpc) is 3.47. The van der Waals surface area contributed by atoms with Crippen molar-refractivity contribution in [3.8, 4) is 0 Å². The van der Waals surface area contributed by atoms with Gasteiger partial charge in [-0.2, -0.15) is 11.3 Å². The lowest BCUT2D eigenvalue weighted by Gasteiger charge is -2.18. The minimum atomic E-state index is 0.0823. The van der Waals surface area contributed by atoms with Gasteiger partial charge in [-0.05, 0) is 65.9 Å². The third-order valence-corrected chi connectivity index (χ3v) is 6.58. The number of hydrogen-bond donors (Lipinski definition) is 2. The molecule has 2 N–H and O–H groups in total. The zero-order valence-corrected chi connectivity index (χ0v) is 17.4. The molecule has 2 aromatic heterocycles. The summed E-state index contributed by atoms with van der Waals surface area (Å²) >= 11 is 1.69. The maximum Gasteiger partial charge on any atom is 0.220 e. The third kappa shape index (κ3) is 4.15. The Bertz CT molecular complexity index is 909. The van der Waals surface area contributed by atoms with Gasteiger partial charge in [0.2, 0.25) is 5.91 Å². The van der Waals surface area contributed by atoms with Crippen LogP contribution in [0.2, 0.25) is 0 Å². The molecule has 1 unspecified atom stereocenters. The van der Waals surface area contributed by atoms with Gasteiger partial charge in [0.15, 0.2) is 0 Å². The van der Waals surface area contributed by atoms with E-state index in [9.17, 15) is 4.79 Å². The molecule has 1 fully saturated rings. The summed E-state index contributed by atoms with van der Waals surface area (Å²) in [5.74, 6) is 0.218. The predicted molar refractivity (Wildman–Crippen MR) is 117 cm³/mol. The molecular weight excluding hydrogens is 366 g/mol. The van der Waals surface area contributed by atoms with Crippen molar-refractivity contribution in [1.29, 1.82) is 0 Å². The van der Waals surface area contributed by atoms with Crippen molar-refractivity contribution in [3.63, 3.8) is 0 Å². The van der Waals surface area contributed by atoms with Crippen LogP contribution in [-0.2, 0) is 11.2 Å². The van der Waals surface area contributed by atoms with E-state index in [-0.39, 0.29) is 11.8 Å². The molecule has 28 heavy (non-hydrogen) atoms. The summed E-state index contributed by atoms with van der Waals surface area (Å²) in [6.45, 7) is 6.22. The first kappa shape index (κ1) is 19.2. The summed E-state index contributed by atoms with van der Waals surface area (Å²) in [5, 5.41) is 8.65. The molecule has 1 saturated heterocycles. The largest absolute Gasteiger partial charge is 0.361 e. The molecule has 1 aliphatic rings. The lowest BCUT2D eigenvalue weighted by Crippen LogP contribution is -2.34. The van der Waals surface area contributed by atoms with Crippen LogP contribution in [0.25, 0.3) is 10.9 Å². The van der Waals surface area contributed by atoms with Gasteiger partial charge in [-0.1, -0.05) is 25.1 Å². The lowest BCUT2D eigenvalue weighted by molar-refractivity contribution is -0.121. The van der Waals surface area contributed by atoms with E-state index in [1.54, 1.807) is 11.3 Å². The van der Waals surface area contributed by atoms with E-state index in [4.69, 9.17) is 0 Å². The fraction of sp³-hybridized carbons (Fsp3) is 0.435. The first-order valence-corrected chi connectivity index (χ1v) is 11.3. The van der Waals surface area contributed by atoms with Crippen molar-refractivity contribution < 1.29 is 4.79 Å². The van der Waals surface area contributed by atoms with E-state index in [0.717, 1.165) is 19.5 Å². The number of carbonyl (C=O) groups is 1. The molecule has 5 heteroatoms. The number of amides is 1. The van der Waals surface area contributed by atoms with Gasteiger partial charge in [-0.15, -0.1) is 0 Å². The Hall–Kier alpha value is -2.11. The van der Waals surface area contributed by atoms with Crippen LogP contribution < -0.4 is 5.32 Å². The summed E-state index contributed by atoms with van der Waals surface area (Å²) in [6.07, 6.45) is 6.16. The molecule has 0 bridgehead atoms. The van der Waals surface area contributed by atoms with Gasteiger partial charge in [0.05, 0.1) is 0 Å². The summed E-state index contributed by atoms with van der Waals surface area (Å²) in [6, 6.07) is 8.62. The topological polar surface area (TPSA) is 48.1 Å². The Kier molecular flexibility index (Phi) is 6.13. The Morgan fingerprint density at radius 3 is 2.89 bits per heavy atom. The molecule has 1 amide bonds. The van der Waals surface area contributed by atoms with Crippen LogP contribution >= 0.6 is 11.3 Å². The molecular formula is C23H29N3OS. The Morgan fingerprint density at radius 2 is 2.14 bits per heavy atom. The van der Waals surface area contributed by atoms with Crippen molar-refractivity contribution >= 4 is 28.1 Å². The number of benzene rings is 1. The van der Waals surface area contributed by atoms with Crippen LogP contribution in [0.15, 0.2) is 41.2 Å². The summed E-state index contributed by atoms with van der Waals surface area (Å²) in [4.78, 5) is 18.6.